The fourth-order valence-electron chi connectivity index (χ4n) is 1.70. The van der Waals surface area contributed by atoms with Crippen molar-refractivity contribution in [1.82, 2.24) is 0 Å². The maximum absolute atomic E-state index is 2.99. The molecule has 5 aliphatic carbocycles. The van der Waals surface area contributed by atoms with Gasteiger partial charge in [-0.1, -0.05) is 0 Å². The van der Waals surface area contributed by atoms with Crippen molar-refractivity contribution >= 4 is 0 Å². The third-order valence-corrected chi connectivity index (χ3v) is 2.93. The van der Waals surface area contributed by atoms with Gasteiger partial charge < -0.3 is 22.3 Å². The molecule has 29 heavy (non-hydrogen) atoms. The van der Waals surface area contributed by atoms with E-state index in [1.807, 2.05) is 60.8 Å². The van der Waals surface area contributed by atoms with E-state index < -0.39 is 0 Å². The molecule has 0 saturated carbocycles. The molecule has 0 radical (unpaired) electrons. The molecule has 0 aromatic rings. The summed E-state index contributed by atoms with van der Waals surface area (Å²) in [6, 6.07) is 0. The van der Waals surface area contributed by atoms with E-state index in [1.165, 1.54) is 0 Å². The molecule has 0 nitrogen and oxygen atoms in total. The third kappa shape index (κ3) is 28.4. The maximum Gasteiger partial charge on any atom is 0 e. The molecule has 0 aromatic heterocycles. The van der Waals surface area contributed by atoms with E-state index in [0.29, 0.717) is 0 Å². The molecule has 0 heterocycles. The van der Waals surface area contributed by atoms with E-state index >= 15 is 0 Å². The van der Waals surface area contributed by atoms with E-state index in [2.05, 4.69) is 60.8 Å². The zero-order valence-electron chi connectivity index (χ0n) is 18.0. The van der Waals surface area contributed by atoms with Crippen LogP contribution in [0.1, 0.15) is 32.1 Å². The predicted octanol–water partition coefficient (Wildman–Crippen LogP) is 7.88. The first-order valence-electron chi connectivity index (χ1n) is 8.59. The van der Waals surface area contributed by atoms with Crippen molar-refractivity contribution in [3.8, 4) is 0 Å². The Morgan fingerprint density at radius 3 is 0.552 bits per heavy atom. The molecule has 0 saturated heterocycles. The first-order chi connectivity index (χ1) is 12.5. The van der Waals surface area contributed by atoms with Gasteiger partial charge in [-0.15, -0.1) is 32.1 Å². The molecule has 0 aromatic carbocycles. The first-order valence-corrected chi connectivity index (χ1v) is 8.59. The molecule has 0 spiro atoms. The number of allylic oxidation sites excluding steroid dienone is 20. The molecule has 0 bridgehead atoms. The van der Waals surface area contributed by atoms with E-state index in [4.69, 9.17) is 0 Å². The van der Waals surface area contributed by atoms with Crippen LogP contribution in [0.5, 0.6) is 0 Å². The van der Waals surface area contributed by atoms with Crippen molar-refractivity contribution in [3.63, 3.8) is 0 Å². The van der Waals surface area contributed by atoms with E-state index in [0.717, 1.165) is 32.1 Å². The van der Waals surface area contributed by atoms with E-state index in [-0.39, 0.29) is 43.3 Å². The van der Waals surface area contributed by atoms with Gasteiger partial charge in [0.2, 0.25) is 0 Å². The molecule has 5 aliphatic rings. The second-order valence-corrected chi connectivity index (χ2v) is 5.02. The van der Waals surface area contributed by atoms with Crippen LogP contribution in [0.15, 0.2) is 91.1 Å². The van der Waals surface area contributed by atoms with Crippen LogP contribution in [0.2, 0.25) is 0 Å². The molecular formula is C28H34Pt-8. The van der Waals surface area contributed by atoms with Gasteiger partial charge in [-0.25, -0.2) is 60.8 Å². The number of hydrogen-bond acceptors (Lipinski definition) is 0. The molecule has 5 rings (SSSR count). The summed E-state index contributed by atoms with van der Waals surface area (Å²) in [5, 5.41) is 0. The summed E-state index contributed by atoms with van der Waals surface area (Å²) in [5.74, 6) is 0. The van der Waals surface area contributed by atoms with Gasteiger partial charge in [0, 0.05) is 21.1 Å². The molecule has 164 valence electrons. The van der Waals surface area contributed by atoms with Gasteiger partial charge in [-0.05, 0) is 0 Å². The monoisotopic (exact) mass is 565 g/mol. The quantitative estimate of drug-likeness (QED) is 0.262. The molecule has 0 amide bonds. The molecule has 0 N–H and O–H groups in total. The smallest absolute Gasteiger partial charge is 0 e. The van der Waals surface area contributed by atoms with Crippen molar-refractivity contribution in [3.05, 3.63) is 144 Å². The summed E-state index contributed by atoms with van der Waals surface area (Å²) in [6.07, 6.45) is 50.0. The average Bonchev–Trinajstić information content (AvgIpc) is 3.55. The van der Waals surface area contributed by atoms with Crippen molar-refractivity contribution in [1.29, 1.82) is 0 Å². The van der Waals surface area contributed by atoms with E-state index in [1.54, 1.807) is 0 Å². The second-order valence-electron chi connectivity index (χ2n) is 5.02. The van der Waals surface area contributed by atoms with Crippen molar-refractivity contribution in [2.45, 2.75) is 32.1 Å². The number of rotatable bonds is 0. The standard InChI is InChI=1S/5C5H5.3CH3.Pt/c5*1-2-4-5-3-1;;;;/h5*1-3H,4H2;3*1H3;/q8*-1;. The Hall–Kier alpha value is -1.91. The summed E-state index contributed by atoms with van der Waals surface area (Å²) in [6.45, 7) is 0. The Balaban J connectivity index is -0.000000130. The topological polar surface area (TPSA) is 0 Å². The zero-order valence-corrected chi connectivity index (χ0v) is 20.3. The van der Waals surface area contributed by atoms with Crippen LogP contribution in [-0.4, -0.2) is 0 Å². The van der Waals surface area contributed by atoms with Crippen LogP contribution in [0, 0.1) is 52.7 Å². The van der Waals surface area contributed by atoms with Gasteiger partial charge in [0.15, 0.2) is 0 Å². The van der Waals surface area contributed by atoms with Crippen molar-refractivity contribution in [2.75, 3.05) is 0 Å². The minimum Gasteiger partial charge on any atom is -0.358 e. The van der Waals surface area contributed by atoms with Crippen LogP contribution in [0.3, 0.4) is 0 Å². The Kier molecular flexibility index (Phi) is 36.7. The van der Waals surface area contributed by atoms with Gasteiger partial charge in [0.1, 0.15) is 0 Å². The van der Waals surface area contributed by atoms with Crippen molar-refractivity contribution < 1.29 is 21.1 Å². The predicted molar refractivity (Wildman–Crippen MR) is 127 cm³/mol. The Morgan fingerprint density at radius 1 is 0.345 bits per heavy atom. The normalized spacial score (nSPS) is 15.2. The minimum absolute atomic E-state index is 0. The third-order valence-electron chi connectivity index (χ3n) is 2.93. The van der Waals surface area contributed by atoms with E-state index in [9.17, 15) is 0 Å². The van der Waals surface area contributed by atoms with Gasteiger partial charge in [-0.2, -0.15) is 30.4 Å². The summed E-state index contributed by atoms with van der Waals surface area (Å²) < 4.78 is 0. The number of hydrogen-bond donors (Lipinski definition) is 0. The average molecular weight is 566 g/mol. The largest absolute Gasteiger partial charge is 0.358 e. The van der Waals surface area contributed by atoms with Gasteiger partial charge >= 0.3 is 0 Å². The summed E-state index contributed by atoms with van der Waals surface area (Å²) in [7, 11) is 0. The van der Waals surface area contributed by atoms with Crippen LogP contribution >= 0.6 is 0 Å². The van der Waals surface area contributed by atoms with Crippen LogP contribution in [-0.2, 0) is 21.1 Å². The Labute approximate surface area is 196 Å². The van der Waals surface area contributed by atoms with Crippen LogP contribution in [0.4, 0.5) is 0 Å². The molecule has 0 atom stereocenters. The SMILES string of the molecule is [C-]1=CC=CC1.[C-]1=CC=CC1.[C-]1=CC=CC1.[C-]1=CC=CC1.[C-]1=CC=CC1.[CH3-].[CH3-].[CH3-].[Pt]. The van der Waals surface area contributed by atoms with Gasteiger partial charge in [-0.3, -0.25) is 30.4 Å². The second kappa shape index (κ2) is 30.8. The fraction of sp³-hybridized carbons (Fsp3) is 0.179. The Morgan fingerprint density at radius 2 is 0.517 bits per heavy atom. The van der Waals surface area contributed by atoms with Crippen molar-refractivity contribution in [2.24, 2.45) is 0 Å². The fourth-order valence-corrected chi connectivity index (χ4v) is 1.70. The van der Waals surface area contributed by atoms with Crippen LogP contribution < -0.4 is 0 Å². The maximum atomic E-state index is 2.99. The summed E-state index contributed by atoms with van der Waals surface area (Å²) in [5.41, 5.74) is 0. The molecule has 1 heteroatoms. The first kappa shape index (κ1) is 34.6. The zero-order chi connectivity index (χ0) is 17.7. The molecule has 0 fully saturated rings. The van der Waals surface area contributed by atoms with Crippen LogP contribution in [0.25, 0.3) is 0 Å². The molecular weight excluding hydrogens is 531 g/mol. The summed E-state index contributed by atoms with van der Waals surface area (Å²) >= 11 is 0. The minimum atomic E-state index is 0. The molecule has 0 aliphatic heterocycles. The van der Waals surface area contributed by atoms with Gasteiger partial charge in [0.05, 0.1) is 0 Å². The molecule has 0 unspecified atom stereocenters. The summed E-state index contributed by atoms with van der Waals surface area (Å²) in [4.78, 5) is 0. The Bertz CT molecular complexity index is 425. The van der Waals surface area contributed by atoms with Gasteiger partial charge in [0.25, 0.3) is 0 Å².